The Morgan fingerprint density at radius 3 is 2.89 bits per heavy atom. The summed E-state index contributed by atoms with van der Waals surface area (Å²) in [5.74, 6) is 1.01. The van der Waals surface area contributed by atoms with Gasteiger partial charge in [0.05, 0.1) is 38.5 Å². The topological polar surface area (TPSA) is 75.5 Å². The minimum atomic E-state index is -0.0749. The smallest absolute Gasteiger partial charge is 0.230 e. The van der Waals surface area contributed by atoms with E-state index in [1.54, 1.807) is 23.4 Å². The number of hydrogen-bond acceptors (Lipinski definition) is 6. The monoisotopic (exact) mass is 407 g/mol. The van der Waals surface area contributed by atoms with Crippen LogP contribution < -0.4 is 15.1 Å². The van der Waals surface area contributed by atoms with Crippen molar-refractivity contribution < 1.29 is 9.69 Å². The van der Waals surface area contributed by atoms with Crippen LogP contribution in [0.4, 0.5) is 5.82 Å². The summed E-state index contributed by atoms with van der Waals surface area (Å²) in [5, 5.41) is 3.80. The zero-order chi connectivity index (χ0) is 19.1. The average molecular weight is 408 g/mol. The van der Waals surface area contributed by atoms with Gasteiger partial charge < -0.3 is 15.1 Å². The molecule has 2 aromatic heterocycles. The fourth-order valence-corrected chi connectivity index (χ4v) is 3.81. The van der Waals surface area contributed by atoms with Crippen LogP contribution in [0.15, 0.2) is 35.7 Å². The van der Waals surface area contributed by atoms with Gasteiger partial charge in [-0.2, -0.15) is 0 Å². The Hall–Kier alpha value is -1.90. The Labute approximate surface area is 168 Å². The van der Waals surface area contributed by atoms with E-state index in [-0.39, 0.29) is 11.7 Å². The van der Waals surface area contributed by atoms with Crippen LogP contribution in [-0.4, -0.2) is 59.3 Å². The molecule has 0 unspecified atom stereocenters. The van der Waals surface area contributed by atoms with Crippen LogP contribution in [0.1, 0.15) is 12.5 Å². The quantitative estimate of drug-likeness (QED) is 0.399. The van der Waals surface area contributed by atoms with Crippen molar-refractivity contribution in [3.8, 4) is 0 Å². The lowest BCUT2D eigenvalue weighted by Gasteiger charge is -2.32. The highest BCUT2D eigenvalue weighted by Gasteiger charge is 2.20. The summed E-state index contributed by atoms with van der Waals surface area (Å²) in [4.78, 5) is 28.8. The molecule has 0 bridgehead atoms. The lowest BCUT2D eigenvalue weighted by Crippen LogP contribution is -3.14. The maximum absolute atomic E-state index is 12.1. The van der Waals surface area contributed by atoms with Crippen molar-refractivity contribution in [2.75, 3.05) is 43.4 Å². The van der Waals surface area contributed by atoms with Crippen LogP contribution in [0.25, 0.3) is 0 Å². The molecule has 0 aromatic carbocycles. The van der Waals surface area contributed by atoms with Crippen molar-refractivity contribution >= 4 is 35.1 Å². The predicted molar refractivity (Wildman–Crippen MR) is 107 cm³/mol. The lowest BCUT2D eigenvalue weighted by atomic mass is 10.3. The van der Waals surface area contributed by atoms with E-state index in [4.69, 9.17) is 11.6 Å². The van der Waals surface area contributed by atoms with Crippen molar-refractivity contribution in [1.82, 2.24) is 20.3 Å². The third kappa shape index (κ3) is 6.05. The van der Waals surface area contributed by atoms with E-state index in [9.17, 15) is 4.79 Å². The Kier molecular flexibility index (Phi) is 7.25. The molecule has 144 valence electrons. The SMILES string of the molecule is CC[NH+]1CCN(c2cc(Cl)nc(SCC(=O)NCc3cccnc3)n2)CC1. The number of likely N-dealkylation sites (N-methyl/N-ethyl adjacent to an activating group) is 1. The molecule has 7 nitrogen and oxygen atoms in total. The van der Waals surface area contributed by atoms with E-state index in [1.165, 1.54) is 11.8 Å². The molecule has 3 heterocycles. The molecule has 2 N–H and O–H groups in total. The molecule has 9 heteroatoms. The van der Waals surface area contributed by atoms with Crippen molar-refractivity contribution in [2.24, 2.45) is 0 Å². The highest BCUT2D eigenvalue weighted by molar-refractivity contribution is 7.99. The molecular formula is C18H24ClN6OS+. The van der Waals surface area contributed by atoms with Crippen molar-refractivity contribution in [3.05, 3.63) is 41.3 Å². The molecule has 0 radical (unpaired) electrons. The number of carbonyl (C=O) groups is 1. The van der Waals surface area contributed by atoms with Gasteiger partial charge in [0, 0.05) is 25.0 Å². The van der Waals surface area contributed by atoms with Crippen molar-refractivity contribution in [2.45, 2.75) is 18.6 Å². The molecule has 2 aromatic rings. The Morgan fingerprint density at radius 2 is 2.19 bits per heavy atom. The summed E-state index contributed by atoms with van der Waals surface area (Å²) in [7, 11) is 0. The second-order valence-corrected chi connectivity index (χ2v) is 7.68. The van der Waals surface area contributed by atoms with E-state index in [1.807, 2.05) is 12.1 Å². The van der Waals surface area contributed by atoms with E-state index >= 15 is 0 Å². The van der Waals surface area contributed by atoms with Crippen LogP contribution in [0.5, 0.6) is 0 Å². The third-order valence-corrected chi connectivity index (χ3v) is 5.54. The maximum atomic E-state index is 12.1. The maximum Gasteiger partial charge on any atom is 0.230 e. The van der Waals surface area contributed by atoms with Gasteiger partial charge in [0.2, 0.25) is 5.91 Å². The van der Waals surface area contributed by atoms with Gasteiger partial charge in [-0.3, -0.25) is 9.78 Å². The number of carbonyl (C=O) groups excluding carboxylic acids is 1. The number of anilines is 1. The average Bonchev–Trinajstić information content (AvgIpc) is 2.71. The molecule has 1 amide bonds. The van der Waals surface area contributed by atoms with Gasteiger partial charge in [-0.15, -0.1) is 0 Å². The predicted octanol–water partition coefficient (Wildman–Crippen LogP) is 0.658. The van der Waals surface area contributed by atoms with Gasteiger partial charge in [-0.05, 0) is 18.6 Å². The molecule has 1 aliphatic heterocycles. The van der Waals surface area contributed by atoms with Gasteiger partial charge >= 0.3 is 0 Å². The summed E-state index contributed by atoms with van der Waals surface area (Å²) in [6.07, 6.45) is 3.44. The summed E-state index contributed by atoms with van der Waals surface area (Å²) in [6, 6.07) is 5.57. The number of pyridine rings is 1. The molecule has 1 saturated heterocycles. The number of hydrogen-bond donors (Lipinski definition) is 2. The standard InChI is InChI=1S/C18H23ClN6OS/c1-2-24-6-8-25(9-7-24)16-10-15(19)22-18(23-16)27-13-17(26)21-12-14-4-3-5-20-11-14/h3-5,10-11H,2,6-9,12-13H2,1H3,(H,21,26)/p+1. The Bertz CT molecular complexity index is 755. The first-order valence-corrected chi connectivity index (χ1v) is 10.4. The summed E-state index contributed by atoms with van der Waals surface area (Å²) in [6.45, 7) is 7.90. The molecule has 0 atom stereocenters. The van der Waals surface area contributed by atoms with Crippen LogP contribution in [0.3, 0.4) is 0 Å². The van der Waals surface area contributed by atoms with Gasteiger partial charge in [0.25, 0.3) is 0 Å². The van der Waals surface area contributed by atoms with Crippen LogP contribution in [0, 0.1) is 0 Å². The minimum Gasteiger partial charge on any atom is -0.351 e. The molecule has 1 aliphatic rings. The first-order chi connectivity index (χ1) is 13.1. The second-order valence-electron chi connectivity index (χ2n) is 6.35. The number of aromatic nitrogens is 3. The van der Waals surface area contributed by atoms with Crippen LogP contribution >= 0.6 is 23.4 Å². The van der Waals surface area contributed by atoms with Crippen LogP contribution in [-0.2, 0) is 11.3 Å². The molecule has 1 fully saturated rings. The number of nitrogens with one attached hydrogen (secondary N) is 2. The van der Waals surface area contributed by atoms with Gasteiger partial charge in [-0.1, -0.05) is 29.4 Å². The number of quaternary nitrogens is 1. The van der Waals surface area contributed by atoms with E-state index < -0.39 is 0 Å². The fourth-order valence-electron chi connectivity index (χ4n) is 2.90. The zero-order valence-corrected chi connectivity index (χ0v) is 16.9. The third-order valence-electron chi connectivity index (χ3n) is 4.50. The van der Waals surface area contributed by atoms with Crippen molar-refractivity contribution in [1.29, 1.82) is 0 Å². The number of piperazine rings is 1. The lowest BCUT2D eigenvalue weighted by molar-refractivity contribution is -0.898. The van der Waals surface area contributed by atoms with Gasteiger partial charge in [0.1, 0.15) is 11.0 Å². The highest BCUT2D eigenvalue weighted by Crippen LogP contribution is 2.21. The highest BCUT2D eigenvalue weighted by atomic mass is 35.5. The number of amides is 1. The normalized spacial score (nSPS) is 15.0. The summed E-state index contributed by atoms with van der Waals surface area (Å²) >= 11 is 7.47. The van der Waals surface area contributed by atoms with E-state index in [0.717, 1.165) is 44.1 Å². The van der Waals surface area contributed by atoms with Gasteiger partial charge in [0.15, 0.2) is 5.16 Å². The number of nitrogens with zero attached hydrogens (tertiary/aromatic N) is 4. The molecular weight excluding hydrogens is 384 g/mol. The minimum absolute atomic E-state index is 0.0749. The van der Waals surface area contributed by atoms with E-state index in [2.05, 4.69) is 32.1 Å². The van der Waals surface area contributed by atoms with Gasteiger partial charge in [-0.25, -0.2) is 9.97 Å². The first kappa shape index (κ1) is 19.9. The second kappa shape index (κ2) is 9.87. The van der Waals surface area contributed by atoms with E-state index in [0.29, 0.717) is 16.9 Å². The molecule has 0 spiro atoms. The summed E-state index contributed by atoms with van der Waals surface area (Å²) in [5.41, 5.74) is 0.963. The molecule has 3 rings (SSSR count). The van der Waals surface area contributed by atoms with Crippen molar-refractivity contribution in [3.63, 3.8) is 0 Å². The summed E-state index contributed by atoms with van der Waals surface area (Å²) < 4.78 is 0. The Balaban J connectivity index is 1.52. The molecule has 0 aliphatic carbocycles. The Morgan fingerprint density at radius 1 is 1.37 bits per heavy atom. The zero-order valence-electron chi connectivity index (χ0n) is 15.3. The number of rotatable bonds is 7. The first-order valence-electron chi connectivity index (χ1n) is 9.05. The largest absolute Gasteiger partial charge is 0.351 e. The molecule has 0 saturated carbocycles. The molecule has 27 heavy (non-hydrogen) atoms. The number of thioether (sulfide) groups is 1. The fraction of sp³-hybridized carbons (Fsp3) is 0.444. The number of halogens is 1. The van der Waals surface area contributed by atoms with Crippen LogP contribution in [0.2, 0.25) is 5.15 Å².